The Morgan fingerprint density at radius 3 is 2.88 bits per heavy atom. The lowest BCUT2D eigenvalue weighted by Gasteiger charge is -2.22. The van der Waals surface area contributed by atoms with E-state index in [1.807, 2.05) is 41.1 Å². The molecule has 0 aliphatic carbocycles. The van der Waals surface area contributed by atoms with Crippen LogP contribution in [0.25, 0.3) is 23.0 Å². The Balaban J connectivity index is 0.00000169. The second-order valence-electron chi connectivity index (χ2n) is 5.93. The summed E-state index contributed by atoms with van der Waals surface area (Å²) in [5.74, 6) is 1.27. The van der Waals surface area contributed by atoms with Gasteiger partial charge in [0.15, 0.2) is 5.82 Å². The quantitative estimate of drug-likeness (QED) is 0.758. The van der Waals surface area contributed by atoms with Crippen LogP contribution in [0.3, 0.4) is 0 Å². The molecule has 4 rings (SSSR count). The van der Waals surface area contributed by atoms with Crippen LogP contribution in [-0.2, 0) is 6.54 Å². The van der Waals surface area contributed by atoms with E-state index in [2.05, 4.69) is 15.3 Å². The van der Waals surface area contributed by atoms with Crippen molar-refractivity contribution in [2.45, 2.75) is 18.6 Å². The molecule has 7 heteroatoms. The number of aliphatic hydroxyl groups is 1. The summed E-state index contributed by atoms with van der Waals surface area (Å²) in [5, 5.41) is 13.8. The Morgan fingerprint density at radius 1 is 1.29 bits per heavy atom. The molecule has 24 heavy (non-hydrogen) atoms. The number of hydrogen-bond donors (Lipinski definition) is 2. The Morgan fingerprint density at radius 2 is 2.12 bits per heavy atom. The van der Waals surface area contributed by atoms with E-state index in [1.165, 1.54) is 0 Å². The molecule has 1 saturated heterocycles. The van der Waals surface area contributed by atoms with Crippen LogP contribution in [-0.4, -0.2) is 38.3 Å². The second-order valence-corrected chi connectivity index (χ2v) is 5.93. The lowest BCUT2D eigenvalue weighted by molar-refractivity contribution is 0.0436. The van der Waals surface area contributed by atoms with Crippen molar-refractivity contribution < 1.29 is 9.52 Å². The number of halogens is 1. The van der Waals surface area contributed by atoms with Crippen molar-refractivity contribution in [3.63, 3.8) is 0 Å². The normalized spacial score (nSPS) is 20.0. The van der Waals surface area contributed by atoms with E-state index in [1.54, 1.807) is 12.5 Å². The van der Waals surface area contributed by atoms with Crippen molar-refractivity contribution in [2.75, 3.05) is 13.1 Å². The minimum atomic E-state index is -0.735. The Bertz CT molecular complexity index is 794. The van der Waals surface area contributed by atoms with E-state index < -0.39 is 5.60 Å². The number of rotatable bonds is 4. The minimum absolute atomic E-state index is 0. The Hall–Kier alpha value is -2.15. The molecule has 1 aliphatic heterocycles. The fraction of sp³-hybridized carbons (Fsp3) is 0.294. The third-order valence-electron chi connectivity index (χ3n) is 4.16. The number of nitrogens with zero attached hydrogens (tertiary/aromatic N) is 3. The first-order valence-corrected chi connectivity index (χ1v) is 7.69. The van der Waals surface area contributed by atoms with Crippen LogP contribution in [0.2, 0.25) is 0 Å². The standard InChI is InChI=1S/C17H18N4O2.ClH/c22-17(6-7-18-11-17)12-21-9-8-19-15(21)14-10-23-16(20-14)13-4-2-1-3-5-13;/h1-5,8-10,18,22H,6-7,11-12H2;1H. The number of hydrogen-bond acceptors (Lipinski definition) is 5. The van der Waals surface area contributed by atoms with Gasteiger partial charge in [-0.25, -0.2) is 9.97 Å². The monoisotopic (exact) mass is 346 g/mol. The van der Waals surface area contributed by atoms with E-state index in [0.717, 1.165) is 18.5 Å². The second kappa shape index (κ2) is 6.76. The fourth-order valence-electron chi connectivity index (χ4n) is 2.94. The predicted molar refractivity (Wildman–Crippen MR) is 92.8 cm³/mol. The highest BCUT2D eigenvalue weighted by atomic mass is 35.5. The molecule has 0 bridgehead atoms. The number of imidazole rings is 1. The topological polar surface area (TPSA) is 76.1 Å². The average molecular weight is 347 g/mol. The highest BCUT2D eigenvalue weighted by Gasteiger charge is 2.32. The third kappa shape index (κ3) is 3.21. The fourth-order valence-corrected chi connectivity index (χ4v) is 2.94. The van der Waals surface area contributed by atoms with E-state index in [9.17, 15) is 5.11 Å². The lowest BCUT2D eigenvalue weighted by Crippen LogP contribution is -2.36. The Kier molecular flexibility index (Phi) is 4.71. The van der Waals surface area contributed by atoms with Gasteiger partial charge >= 0.3 is 0 Å². The van der Waals surface area contributed by atoms with Gasteiger partial charge in [-0.1, -0.05) is 18.2 Å². The van der Waals surface area contributed by atoms with Crippen LogP contribution in [0.5, 0.6) is 0 Å². The molecule has 0 radical (unpaired) electrons. The maximum atomic E-state index is 10.6. The molecular weight excluding hydrogens is 328 g/mol. The Labute approximate surface area is 146 Å². The van der Waals surface area contributed by atoms with Gasteiger partial charge in [-0.3, -0.25) is 0 Å². The van der Waals surface area contributed by atoms with Crippen molar-refractivity contribution in [3.05, 3.63) is 49.0 Å². The van der Waals surface area contributed by atoms with Gasteiger partial charge in [0.2, 0.25) is 5.89 Å². The van der Waals surface area contributed by atoms with Crippen LogP contribution in [0.4, 0.5) is 0 Å². The number of nitrogens with one attached hydrogen (secondary N) is 1. The molecule has 2 aromatic heterocycles. The zero-order valence-corrected chi connectivity index (χ0v) is 13.9. The van der Waals surface area contributed by atoms with Gasteiger partial charge in [0.1, 0.15) is 12.0 Å². The van der Waals surface area contributed by atoms with Crippen molar-refractivity contribution in [3.8, 4) is 23.0 Å². The van der Waals surface area contributed by atoms with Crippen molar-refractivity contribution in [1.29, 1.82) is 0 Å². The summed E-state index contributed by atoms with van der Waals surface area (Å²) in [6.07, 6.45) is 5.93. The average Bonchev–Trinajstić information content (AvgIpc) is 3.29. The van der Waals surface area contributed by atoms with Gasteiger partial charge in [0, 0.05) is 24.5 Å². The first kappa shape index (κ1) is 16.7. The van der Waals surface area contributed by atoms with Gasteiger partial charge in [0.05, 0.1) is 12.1 Å². The zero-order valence-electron chi connectivity index (χ0n) is 13.1. The molecule has 1 aromatic carbocycles. The maximum absolute atomic E-state index is 10.6. The summed E-state index contributed by atoms with van der Waals surface area (Å²) in [6, 6.07) is 9.76. The maximum Gasteiger partial charge on any atom is 0.226 e. The number of aromatic nitrogens is 3. The van der Waals surface area contributed by atoms with Crippen LogP contribution in [0.1, 0.15) is 6.42 Å². The lowest BCUT2D eigenvalue weighted by atomic mass is 10.0. The molecule has 6 nitrogen and oxygen atoms in total. The van der Waals surface area contributed by atoms with Crippen molar-refractivity contribution in [1.82, 2.24) is 19.9 Å². The number of oxazole rings is 1. The molecule has 0 amide bonds. The molecule has 1 aliphatic rings. The van der Waals surface area contributed by atoms with Crippen LogP contribution in [0.15, 0.2) is 53.4 Å². The highest BCUT2D eigenvalue weighted by molar-refractivity contribution is 5.85. The minimum Gasteiger partial charge on any atom is -0.444 e. The van der Waals surface area contributed by atoms with Gasteiger partial charge in [-0.2, -0.15) is 0 Å². The molecule has 0 spiro atoms. The largest absolute Gasteiger partial charge is 0.444 e. The molecule has 126 valence electrons. The molecule has 0 saturated carbocycles. The molecule has 1 unspecified atom stereocenters. The van der Waals surface area contributed by atoms with Gasteiger partial charge in [0.25, 0.3) is 0 Å². The number of β-amino-alcohol motifs (C(OH)–C–C–N with tert-alkyl or cyclic N) is 1. The van der Waals surface area contributed by atoms with Gasteiger partial charge in [-0.05, 0) is 25.1 Å². The molecule has 3 aromatic rings. The molecule has 3 heterocycles. The molecule has 2 N–H and O–H groups in total. The summed E-state index contributed by atoms with van der Waals surface area (Å²) < 4.78 is 7.52. The van der Waals surface area contributed by atoms with Crippen molar-refractivity contribution in [2.24, 2.45) is 0 Å². The summed E-state index contributed by atoms with van der Waals surface area (Å²) >= 11 is 0. The highest BCUT2D eigenvalue weighted by Crippen LogP contribution is 2.25. The van der Waals surface area contributed by atoms with Crippen molar-refractivity contribution >= 4 is 12.4 Å². The van der Waals surface area contributed by atoms with Crippen LogP contribution in [0, 0.1) is 0 Å². The molecule has 1 atom stereocenters. The summed E-state index contributed by atoms with van der Waals surface area (Å²) in [4.78, 5) is 8.91. The van der Waals surface area contributed by atoms with Gasteiger partial charge < -0.3 is 19.4 Å². The summed E-state index contributed by atoms with van der Waals surface area (Å²) in [6.45, 7) is 1.92. The third-order valence-corrected chi connectivity index (χ3v) is 4.16. The smallest absolute Gasteiger partial charge is 0.226 e. The van der Waals surface area contributed by atoms with Crippen LogP contribution < -0.4 is 5.32 Å². The first-order valence-electron chi connectivity index (χ1n) is 7.69. The van der Waals surface area contributed by atoms with E-state index in [4.69, 9.17) is 4.42 Å². The van der Waals surface area contributed by atoms with E-state index >= 15 is 0 Å². The van der Waals surface area contributed by atoms with Gasteiger partial charge in [-0.15, -0.1) is 12.4 Å². The molecular formula is C17H19ClN4O2. The summed E-state index contributed by atoms with van der Waals surface area (Å²) in [5.41, 5.74) is 0.862. The van der Waals surface area contributed by atoms with Crippen LogP contribution >= 0.6 is 12.4 Å². The van der Waals surface area contributed by atoms with E-state index in [-0.39, 0.29) is 12.4 Å². The van der Waals surface area contributed by atoms with E-state index in [0.29, 0.717) is 30.5 Å². The molecule has 1 fully saturated rings. The summed E-state index contributed by atoms with van der Waals surface area (Å²) in [7, 11) is 0. The zero-order chi connectivity index (χ0) is 15.7. The number of benzene rings is 1. The first-order chi connectivity index (χ1) is 11.2. The predicted octanol–water partition coefficient (Wildman–Crippen LogP) is 2.35. The SMILES string of the molecule is Cl.OC1(Cn2ccnc2-c2coc(-c3ccccc3)n2)CCNC1.